The highest BCUT2D eigenvalue weighted by Crippen LogP contribution is 2.02. The minimum atomic E-state index is -0.774. The molecule has 0 aliphatic rings. The van der Waals surface area contributed by atoms with Gasteiger partial charge in [0, 0.05) is 5.57 Å². The number of hydrogen-bond donors (Lipinski definition) is 0. The molecule has 0 bridgehead atoms. The van der Waals surface area contributed by atoms with Crippen LogP contribution in [-0.4, -0.2) is 43.0 Å². The van der Waals surface area contributed by atoms with E-state index in [2.05, 4.69) is 13.2 Å². The molecule has 0 aromatic heterocycles. The molecule has 0 saturated heterocycles. The van der Waals surface area contributed by atoms with Crippen LogP contribution in [0, 0.1) is 0 Å². The highest BCUT2D eigenvalue weighted by molar-refractivity contribution is 5.94. The monoisotopic (exact) mass is 312 g/mol. The number of carbonyl (C=O) groups excluding carboxylic acids is 4. The second-order valence-electron chi connectivity index (χ2n) is 4.74. The van der Waals surface area contributed by atoms with Crippen LogP contribution in [0.1, 0.15) is 27.2 Å². The fourth-order valence-electron chi connectivity index (χ4n) is 1.13. The van der Waals surface area contributed by atoms with Crippen molar-refractivity contribution in [2.45, 2.75) is 33.3 Å². The predicted octanol–water partition coefficient (Wildman–Crippen LogP) is 1.12. The molecule has 122 valence electrons. The normalized spacial score (nSPS) is 11.0. The molecule has 7 nitrogen and oxygen atoms in total. The molecule has 0 spiro atoms. The number of carbonyl (C=O) groups is 4. The van der Waals surface area contributed by atoms with E-state index in [0.29, 0.717) is 0 Å². The van der Waals surface area contributed by atoms with Crippen LogP contribution in [0.2, 0.25) is 0 Å². The van der Waals surface area contributed by atoms with Gasteiger partial charge in [-0.1, -0.05) is 13.2 Å². The Hall–Kier alpha value is -2.44. The Kier molecular flexibility index (Phi) is 8.44. The van der Waals surface area contributed by atoms with Crippen LogP contribution in [-0.2, 0) is 33.4 Å². The maximum absolute atomic E-state index is 11.6. The Bertz CT molecular complexity index is 490. The number of rotatable bonds is 9. The smallest absolute Gasteiger partial charge is 0.337 e. The van der Waals surface area contributed by atoms with Crippen molar-refractivity contribution in [1.82, 2.24) is 0 Å². The summed E-state index contributed by atoms with van der Waals surface area (Å²) in [5.41, 5.74) is 0.143. The third kappa shape index (κ3) is 8.68. The quantitative estimate of drug-likeness (QED) is 0.272. The van der Waals surface area contributed by atoms with Gasteiger partial charge in [0.25, 0.3) is 0 Å². The van der Waals surface area contributed by atoms with Gasteiger partial charge in [0.1, 0.15) is 31.5 Å². The average molecular weight is 312 g/mol. The number of Topliss-reactive ketones (excluding diaryl/α,β-unsaturated/α-hetero) is 1. The van der Waals surface area contributed by atoms with Gasteiger partial charge >= 0.3 is 17.9 Å². The zero-order valence-corrected chi connectivity index (χ0v) is 13.0. The Labute approximate surface area is 128 Å². The van der Waals surface area contributed by atoms with Crippen molar-refractivity contribution in [2.75, 3.05) is 13.2 Å². The first-order valence-corrected chi connectivity index (χ1v) is 6.50. The largest absolute Gasteiger partial charge is 0.459 e. The molecule has 22 heavy (non-hydrogen) atoms. The van der Waals surface area contributed by atoms with Gasteiger partial charge in [-0.15, -0.1) is 0 Å². The lowest BCUT2D eigenvalue weighted by molar-refractivity contribution is -0.157. The number of ketones is 1. The molecule has 0 aliphatic carbocycles. The Morgan fingerprint density at radius 1 is 1.00 bits per heavy atom. The van der Waals surface area contributed by atoms with E-state index < -0.39 is 24.0 Å². The molecular formula is C15H20O7. The lowest BCUT2D eigenvalue weighted by Crippen LogP contribution is -2.24. The SMILES string of the molecule is C=C(C)C(=O)OCC(=C)C(=O)OCC(C)OC(=O)CC(C)=O. The standard InChI is InChI=1S/C15H20O7/c1-9(2)14(18)20-7-10(3)15(19)21-8-12(5)22-13(17)6-11(4)16/h12H,1,3,6-8H2,2,4-5H3. The van der Waals surface area contributed by atoms with Crippen molar-refractivity contribution >= 4 is 23.7 Å². The zero-order chi connectivity index (χ0) is 17.3. The topological polar surface area (TPSA) is 96.0 Å². The van der Waals surface area contributed by atoms with E-state index in [1.54, 1.807) is 0 Å². The summed E-state index contributed by atoms with van der Waals surface area (Å²) in [7, 11) is 0. The van der Waals surface area contributed by atoms with Gasteiger partial charge in [-0.25, -0.2) is 9.59 Å². The predicted molar refractivity (Wildman–Crippen MR) is 76.7 cm³/mol. The molecular weight excluding hydrogens is 292 g/mol. The summed E-state index contributed by atoms with van der Waals surface area (Å²) in [5.74, 6) is -2.42. The Balaban J connectivity index is 4.08. The summed E-state index contributed by atoms with van der Waals surface area (Å²) in [5, 5.41) is 0. The van der Waals surface area contributed by atoms with E-state index in [-0.39, 0.29) is 36.6 Å². The van der Waals surface area contributed by atoms with Crippen LogP contribution in [0.3, 0.4) is 0 Å². The van der Waals surface area contributed by atoms with Crippen molar-refractivity contribution in [1.29, 1.82) is 0 Å². The summed E-state index contributed by atoms with van der Waals surface area (Å²) in [6.45, 7) is 10.6. The third-order valence-electron chi connectivity index (χ3n) is 2.19. The number of ether oxygens (including phenoxy) is 3. The number of hydrogen-bond acceptors (Lipinski definition) is 7. The van der Waals surface area contributed by atoms with Crippen molar-refractivity contribution in [3.63, 3.8) is 0 Å². The maximum atomic E-state index is 11.6. The molecule has 7 heteroatoms. The summed E-state index contributed by atoms with van der Waals surface area (Å²) in [6.07, 6.45) is -1.04. The molecule has 0 aromatic rings. The first kappa shape index (κ1) is 19.6. The van der Waals surface area contributed by atoms with Crippen molar-refractivity contribution in [3.05, 3.63) is 24.3 Å². The molecule has 0 aromatic carbocycles. The van der Waals surface area contributed by atoms with Crippen LogP contribution >= 0.6 is 0 Å². The van der Waals surface area contributed by atoms with Gasteiger partial charge in [0.15, 0.2) is 0 Å². The van der Waals surface area contributed by atoms with E-state index in [9.17, 15) is 19.2 Å². The van der Waals surface area contributed by atoms with Gasteiger partial charge in [-0.05, 0) is 20.8 Å². The van der Waals surface area contributed by atoms with Gasteiger partial charge in [0.05, 0.1) is 5.57 Å². The van der Waals surface area contributed by atoms with Crippen molar-refractivity contribution in [2.24, 2.45) is 0 Å². The van der Waals surface area contributed by atoms with Crippen LogP contribution in [0.25, 0.3) is 0 Å². The fraction of sp³-hybridized carbons (Fsp3) is 0.467. The van der Waals surface area contributed by atoms with E-state index in [0.717, 1.165) is 0 Å². The van der Waals surface area contributed by atoms with E-state index in [4.69, 9.17) is 14.2 Å². The highest BCUT2D eigenvalue weighted by Gasteiger charge is 2.16. The Morgan fingerprint density at radius 3 is 2.09 bits per heavy atom. The van der Waals surface area contributed by atoms with Gasteiger partial charge in [0.2, 0.25) is 0 Å². The van der Waals surface area contributed by atoms with E-state index in [1.807, 2.05) is 0 Å². The van der Waals surface area contributed by atoms with E-state index >= 15 is 0 Å². The molecule has 0 heterocycles. The van der Waals surface area contributed by atoms with Crippen LogP contribution in [0.4, 0.5) is 0 Å². The summed E-state index contributed by atoms with van der Waals surface area (Å²) >= 11 is 0. The summed E-state index contributed by atoms with van der Waals surface area (Å²) < 4.78 is 14.4. The van der Waals surface area contributed by atoms with Gasteiger partial charge < -0.3 is 14.2 Å². The molecule has 0 fully saturated rings. The van der Waals surface area contributed by atoms with Crippen LogP contribution in [0.15, 0.2) is 24.3 Å². The molecule has 0 saturated carbocycles. The van der Waals surface area contributed by atoms with E-state index in [1.165, 1.54) is 20.8 Å². The zero-order valence-electron chi connectivity index (χ0n) is 13.0. The minimum absolute atomic E-state index is 0.0585. The molecule has 1 atom stereocenters. The molecule has 0 amide bonds. The first-order chi connectivity index (χ1) is 10.1. The van der Waals surface area contributed by atoms with Crippen molar-refractivity contribution in [3.8, 4) is 0 Å². The summed E-state index contributed by atoms with van der Waals surface area (Å²) in [6, 6.07) is 0. The molecule has 0 N–H and O–H groups in total. The highest BCUT2D eigenvalue weighted by atomic mass is 16.6. The second kappa shape index (κ2) is 9.49. The Morgan fingerprint density at radius 2 is 1.59 bits per heavy atom. The molecule has 0 radical (unpaired) electrons. The number of esters is 3. The fourth-order valence-corrected chi connectivity index (χ4v) is 1.13. The van der Waals surface area contributed by atoms with Crippen LogP contribution < -0.4 is 0 Å². The molecule has 1 unspecified atom stereocenters. The third-order valence-corrected chi connectivity index (χ3v) is 2.19. The summed E-state index contributed by atoms with van der Waals surface area (Å²) in [4.78, 5) is 44.6. The lowest BCUT2D eigenvalue weighted by Gasteiger charge is -2.14. The minimum Gasteiger partial charge on any atom is -0.459 e. The molecule has 0 aliphatic heterocycles. The first-order valence-electron chi connectivity index (χ1n) is 6.50. The molecule has 0 rings (SSSR count). The van der Waals surface area contributed by atoms with Gasteiger partial charge in [-0.3, -0.25) is 9.59 Å². The second-order valence-corrected chi connectivity index (χ2v) is 4.74. The lowest BCUT2D eigenvalue weighted by atomic mass is 10.3. The van der Waals surface area contributed by atoms with Gasteiger partial charge in [-0.2, -0.15) is 0 Å². The van der Waals surface area contributed by atoms with Crippen molar-refractivity contribution < 1.29 is 33.4 Å². The van der Waals surface area contributed by atoms with Crippen LogP contribution in [0.5, 0.6) is 0 Å². The maximum Gasteiger partial charge on any atom is 0.337 e. The average Bonchev–Trinajstić information content (AvgIpc) is 2.40.